The van der Waals surface area contributed by atoms with Crippen LogP contribution in [0, 0.1) is 12.8 Å². The zero-order chi connectivity index (χ0) is 21.9. The molecule has 0 aliphatic carbocycles. The average Bonchev–Trinajstić information content (AvgIpc) is 2.75. The summed E-state index contributed by atoms with van der Waals surface area (Å²) < 4.78 is 31.7. The maximum absolute atomic E-state index is 12.0. The van der Waals surface area contributed by atoms with Crippen LogP contribution in [0.25, 0.3) is 0 Å². The Bertz CT molecular complexity index is 877. The number of ether oxygens (including phenoxy) is 1. The SMILES string of the molecule is CC.Cc1ccc(C(=O)OCCCN=C2NS(=O)(=O)C/C=C\C=C/C2C)cc1Cl. The quantitative estimate of drug-likeness (QED) is 0.546. The van der Waals surface area contributed by atoms with Gasteiger partial charge in [-0.1, -0.05) is 62.7 Å². The molecule has 0 saturated carbocycles. The van der Waals surface area contributed by atoms with Crippen molar-refractivity contribution in [2.24, 2.45) is 10.9 Å². The molecule has 0 amide bonds. The van der Waals surface area contributed by atoms with Crippen LogP contribution in [0.15, 0.2) is 47.5 Å². The number of benzene rings is 1. The summed E-state index contributed by atoms with van der Waals surface area (Å²) in [4.78, 5) is 16.3. The molecule has 1 aliphatic heterocycles. The van der Waals surface area contributed by atoms with E-state index in [1.54, 1.807) is 36.4 Å². The highest BCUT2D eigenvalue weighted by atomic mass is 35.5. The van der Waals surface area contributed by atoms with Gasteiger partial charge in [0, 0.05) is 23.9 Å². The van der Waals surface area contributed by atoms with E-state index in [0.717, 1.165) is 5.56 Å². The van der Waals surface area contributed by atoms with Gasteiger partial charge >= 0.3 is 5.97 Å². The highest BCUT2D eigenvalue weighted by Crippen LogP contribution is 2.17. The molecule has 1 atom stereocenters. The number of nitrogens with one attached hydrogen (secondary N) is 1. The summed E-state index contributed by atoms with van der Waals surface area (Å²) >= 11 is 6.01. The van der Waals surface area contributed by atoms with Crippen molar-refractivity contribution in [2.45, 2.75) is 34.1 Å². The van der Waals surface area contributed by atoms with Crippen molar-refractivity contribution in [3.8, 4) is 0 Å². The zero-order valence-corrected chi connectivity index (χ0v) is 18.9. The second kappa shape index (κ2) is 12.4. The van der Waals surface area contributed by atoms with Crippen LogP contribution in [0.4, 0.5) is 0 Å². The van der Waals surface area contributed by atoms with E-state index in [-0.39, 0.29) is 18.3 Å². The molecule has 1 aliphatic rings. The Morgan fingerprint density at radius 1 is 1.31 bits per heavy atom. The topological polar surface area (TPSA) is 84.8 Å². The van der Waals surface area contributed by atoms with Crippen molar-refractivity contribution in [1.82, 2.24) is 4.72 Å². The minimum atomic E-state index is -3.45. The number of halogens is 1. The number of allylic oxidation sites excluding steroid dienone is 2. The van der Waals surface area contributed by atoms with Gasteiger partial charge in [-0.3, -0.25) is 9.71 Å². The van der Waals surface area contributed by atoms with Gasteiger partial charge in [-0.2, -0.15) is 0 Å². The van der Waals surface area contributed by atoms with E-state index in [2.05, 4.69) is 9.71 Å². The Morgan fingerprint density at radius 3 is 2.72 bits per heavy atom. The smallest absolute Gasteiger partial charge is 0.338 e. The summed E-state index contributed by atoms with van der Waals surface area (Å²) in [5.74, 6) is -0.332. The number of rotatable bonds is 5. The molecular formula is C21H29ClN2O4S. The lowest BCUT2D eigenvalue weighted by Gasteiger charge is -2.13. The summed E-state index contributed by atoms with van der Waals surface area (Å²) in [6, 6.07) is 5.00. The first-order valence-electron chi connectivity index (χ1n) is 9.60. The van der Waals surface area contributed by atoms with E-state index in [9.17, 15) is 13.2 Å². The van der Waals surface area contributed by atoms with E-state index in [1.807, 2.05) is 33.8 Å². The molecule has 0 aromatic heterocycles. The molecular weight excluding hydrogens is 412 g/mol. The molecule has 8 heteroatoms. The van der Waals surface area contributed by atoms with Crippen LogP contribution in [0.1, 0.15) is 43.1 Å². The number of carbonyl (C=O) groups excluding carboxylic acids is 1. The number of carbonyl (C=O) groups is 1. The van der Waals surface area contributed by atoms with Gasteiger partial charge in [0.05, 0.1) is 17.9 Å². The third-order valence-corrected chi connectivity index (χ3v) is 5.44. The lowest BCUT2D eigenvalue weighted by Crippen LogP contribution is -2.35. The second-order valence-corrected chi connectivity index (χ2v) is 8.38. The predicted molar refractivity (Wildman–Crippen MR) is 119 cm³/mol. The lowest BCUT2D eigenvalue weighted by molar-refractivity contribution is 0.0503. The summed E-state index contributed by atoms with van der Waals surface area (Å²) in [6.07, 6.45) is 7.42. The van der Waals surface area contributed by atoms with Crippen LogP contribution in [0.2, 0.25) is 5.02 Å². The van der Waals surface area contributed by atoms with Gasteiger partial charge in [-0.15, -0.1) is 0 Å². The minimum Gasteiger partial charge on any atom is -0.462 e. The zero-order valence-electron chi connectivity index (χ0n) is 17.3. The second-order valence-electron chi connectivity index (χ2n) is 6.21. The first kappa shape index (κ1) is 24.9. The molecule has 0 saturated heterocycles. The number of esters is 1. The summed E-state index contributed by atoms with van der Waals surface area (Å²) in [7, 11) is -3.45. The largest absolute Gasteiger partial charge is 0.462 e. The third kappa shape index (κ3) is 8.83. The number of nitrogens with zero attached hydrogens (tertiary/aromatic N) is 1. The van der Waals surface area contributed by atoms with Crippen molar-refractivity contribution in [2.75, 3.05) is 18.9 Å². The highest BCUT2D eigenvalue weighted by molar-refractivity contribution is 7.90. The van der Waals surface area contributed by atoms with Gasteiger partial charge in [0.25, 0.3) is 0 Å². The molecule has 1 aromatic rings. The van der Waals surface area contributed by atoms with Crippen molar-refractivity contribution in [1.29, 1.82) is 0 Å². The Morgan fingerprint density at radius 2 is 2.03 bits per heavy atom. The highest BCUT2D eigenvalue weighted by Gasteiger charge is 2.16. The maximum Gasteiger partial charge on any atom is 0.338 e. The fraction of sp³-hybridized carbons (Fsp3) is 0.429. The van der Waals surface area contributed by atoms with Crippen molar-refractivity contribution in [3.05, 3.63) is 58.7 Å². The van der Waals surface area contributed by atoms with Crippen LogP contribution in [0.5, 0.6) is 0 Å². The molecule has 0 radical (unpaired) electrons. The van der Waals surface area contributed by atoms with Crippen molar-refractivity contribution >= 4 is 33.4 Å². The van der Waals surface area contributed by atoms with E-state index in [0.29, 0.717) is 29.4 Å². The Hall–Kier alpha value is -2.12. The number of aryl methyl sites for hydroxylation is 1. The fourth-order valence-corrected chi connectivity index (χ4v) is 3.48. The van der Waals surface area contributed by atoms with Gasteiger partial charge in [0.1, 0.15) is 5.84 Å². The first-order chi connectivity index (χ1) is 13.8. The standard InChI is InChI=1S/C19H23ClN2O4S.C2H6/c1-14-8-9-16(13-17(14)20)19(23)26-11-6-10-21-18-15(2)7-4-3-5-12-27(24,25)22-18;1-2/h3-5,7-9,13,15H,6,10-12H2,1-2H3,(H,21,22);1-2H3/b5-3-,7-4-;. The molecule has 0 fully saturated rings. The Kier molecular flexibility index (Phi) is 10.7. The molecule has 160 valence electrons. The molecule has 1 unspecified atom stereocenters. The summed E-state index contributed by atoms with van der Waals surface area (Å²) in [6.45, 7) is 8.23. The molecule has 0 spiro atoms. The fourth-order valence-electron chi connectivity index (χ4n) is 2.29. The van der Waals surface area contributed by atoms with Crippen LogP contribution >= 0.6 is 11.6 Å². The van der Waals surface area contributed by atoms with Gasteiger partial charge < -0.3 is 4.74 Å². The van der Waals surface area contributed by atoms with Gasteiger partial charge in [-0.05, 0) is 24.6 Å². The molecule has 1 aromatic carbocycles. The van der Waals surface area contributed by atoms with Gasteiger partial charge in [-0.25, -0.2) is 13.2 Å². The molecule has 1 heterocycles. The van der Waals surface area contributed by atoms with E-state index >= 15 is 0 Å². The summed E-state index contributed by atoms with van der Waals surface area (Å²) in [5, 5.41) is 0.514. The number of amidine groups is 1. The van der Waals surface area contributed by atoms with Gasteiger partial charge in [0.2, 0.25) is 10.0 Å². The van der Waals surface area contributed by atoms with Crippen LogP contribution in [0.3, 0.4) is 0 Å². The van der Waals surface area contributed by atoms with E-state index in [1.165, 1.54) is 0 Å². The molecule has 2 rings (SSSR count). The van der Waals surface area contributed by atoms with Gasteiger partial charge in [0.15, 0.2) is 0 Å². The lowest BCUT2D eigenvalue weighted by atomic mass is 10.1. The summed E-state index contributed by atoms with van der Waals surface area (Å²) in [5.41, 5.74) is 1.28. The van der Waals surface area contributed by atoms with Crippen molar-refractivity contribution in [3.63, 3.8) is 0 Å². The Labute approximate surface area is 178 Å². The average molecular weight is 441 g/mol. The first-order valence-corrected chi connectivity index (χ1v) is 11.6. The predicted octanol–water partition coefficient (Wildman–Crippen LogP) is 4.30. The maximum atomic E-state index is 12.0. The number of hydrogen-bond donors (Lipinski definition) is 1. The van der Waals surface area contributed by atoms with Crippen LogP contribution < -0.4 is 4.72 Å². The number of sulfonamides is 1. The van der Waals surface area contributed by atoms with E-state index in [4.69, 9.17) is 16.3 Å². The molecule has 6 nitrogen and oxygen atoms in total. The van der Waals surface area contributed by atoms with Crippen LogP contribution in [-0.2, 0) is 14.8 Å². The molecule has 1 N–H and O–H groups in total. The normalized spacial score (nSPS) is 21.4. The van der Waals surface area contributed by atoms with Crippen molar-refractivity contribution < 1.29 is 17.9 Å². The van der Waals surface area contributed by atoms with E-state index < -0.39 is 16.0 Å². The van der Waals surface area contributed by atoms with Crippen LogP contribution in [-0.4, -0.2) is 39.1 Å². The molecule has 29 heavy (non-hydrogen) atoms. The third-order valence-electron chi connectivity index (χ3n) is 3.88. The Balaban J connectivity index is 0.00000204. The molecule has 0 bridgehead atoms. The number of aliphatic imine (C=N–C) groups is 1. The minimum absolute atomic E-state index is 0.0974. The monoisotopic (exact) mass is 440 g/mol. The number of hydrogen-bond acceptors (Lipinski definition) is 5.